The van der Waals surface area contributed by atoms with Crippen molar-refractivity contribution in [2.45, 2.75) is 0 Å². The predicted molar refractivity (Wildman–Crippen MR) is 75.1 cm³/mol. The van der Waals surface area contributed by atoms with Crippen molar-refractivity contribution in [2.24, 2.45) is 0 Å². The molecule has 0 atom stereocenters. The molecular weight excluding hydrogens is 316 g/mol. The van der Waals surface area contributed by atoms with Crippen LogP contribution in [0.3, 0.4) is 0 Å². The lowest BCUT2D eigenvalue weighted by molar-refractivity contribution is 0.112. The monoisotopic (exact) mass is 319 g/mol. The number of aromatic nitrogens is 1. The van der Waals surface area contributed by atoms with Crippen molar-refractivity contribution in [3.63, 3.8) is 0 Å². The molecule has 0 aliphatic heterocycles. The molecule has 2 rings (SSSR count). The standard InChI is InChI=1S/C12H5Cl4NO/c13-8-2-7(3-9(14)11(8)16)12-10(15)1-6(5-18)4-17-12/h1-5H. The zero-order valence-corrected chi connectivity index (χ0v) is 11.8. The molecule has 0 aliphatic rings. The Balaban J connectivity index is 2.59. The molecule has 0 radical (unpaired) electrons. The lowest BCUT2D eigenvalue weighted by Gasteiger charge is -2.07. The van der Waals surface area contributed by atoms with Crippen molar-refractivity contribution >= 4 is 52.7 Å². The van der Waals surface area contributed by atoms with E-state index in [4.69, 9.17) is 46.4 Å². The molecule has 2 nitrogen and oxygen atoms in total. The number of hydrogen-bond donors (Lipinski definition) is 0. The maximum absolute atomic E-state index is 10.6. The van der Waals surface area contributed by atoms with Gasteiger partial charge in [0.2, 0.25) is 0 Å². The number of aldehydes is 1. The van der Waals surface area contributed by atoms with Gasteiger partial charge in [-0.1, -0.05) is 46.4 Å². The molecule has 0 unspecified atom stereocenters. The van der Waals surface area contributed by atoms with Gasteiger partial charge < -0.3 is 0 Å². The molecule has 1 aromatic heterocycles. The zero-order valence-electron chi connectivity index (χ0n) is 8.75. The van der Waals surface area contributed by atoms with Crippen LogP contribution in [0.25, 0.3) is 11.3 Å². The quantitative estimate of drug-likeness (QED) is 0.564. The van der Waals surface area contributed by atoms with Gasteiger partial charge in [-0.05, 0) is 18.2 Å². The van der Waals surface area contributed by atoms with Crippen LogP contribution < -0.4 is 0 Å². The second kappa shape index (κ2) is 5.45. The Morgan fingerprint density at radius 1 is 0.944 bits per heavy atom. The van der Waals surface area contributed by atoms with E-state index in [0.29, 0.717) is 38.2 Å². The van der Waals surface area contributed by atoms with Crippen LogP contribution in [-0.2, 0) is 0 Å². The summed E-state index contributed by atoms with van der Waals surface area (Å²) >= 11 is 23.8. The molecular formula is C12H5Cl4NO. The van der Waals surface area contributed by atoms with Crippen molar-refractivity contribution in [3.05, 3.63) is 50.0 Å². The average molecular weight is 321 g/mol. The van der Waals surface area contributed by atoms with Gasteiger partial charge >= 0.3 is 0 Å². The molecule has 0 fully saturated rings. The van der Waals surface area contributed by atoms with E-state index in [0.717, 1.165) is 0 Å². The summed E-state index contributed by atoms with van der Waals surface area (Å²) in [5, 5.41) is 1.25. The Morgan fingerprint density at radius 3 is 2.06 bits per heavy atom. The Bertz CT molecular complexity index is 604. The normalized spacial score (nSPS) is 10.4. The van der Waals surface area contributed by atoms with Gasteiger partial charge in [0.15, 0.2) is 6.29 Å². The second-order valence-corrected chi connectivity index (χ2v) is 5.07. The number of hydrogen-bond acceptors (Lipinski definition) is 2. The lowest BCUT2D eigenvalue weighted by Crippen LogP contribution is -1.89. The summed E-state index contributed by atoms with van der Waals surface area (Å²) in [6.45, 7) is 0. The number of rotatable bonds is 2. The maximum Gasteiger partial charge on any atom is 0.151 e. The first-order valence-electron chi connectivity index (χ1n) is 4.78. The smallest absolute Gasteiger partial charge is 0.151 e. The van der Waals surface area contributed by atoms with Crippen molar-refractivity contribution in [1.82, 2.24) is 4.98 Å². The summed E-state index contributed by atoms with van der Waals surface area (Å²) in [6, 6.07) is 4.75. The Kier molecular flexibility index (Phi) is 4.13. The Hall–Kier alpha value is -0.800. The minimum atomic E-state index is 0.280. The number of carbonyl (C=O) groups excluding carboxylic acids is 1. The molecule has 92 valence electrons. The van der Waals surface area contributed by atoms with Crippen LogP contribution in [0, 0.1) is 0 Å². The minimum absolute atomic E-state index is 0.280. The topological polar surface area (TPSA) is 30.0 Å². The van der Waals surface area contributed by atoms with Gasteiger partial charge in [-0.25, -0.2) is 0 Å². The van der Waals surface area contributed by atoms with Crippen molar-refractivity contribution in [3.8, 4) is 11.3 Å². The lowest BCUT2D eigenvalue weighted by atomic mass is 10.1. The third kappa shape index (κ3) is 2.62. The molecule has 0 saturated heterocycles. The molecule has 18 heavy (non-hydrogen) atoms. The number of halogens is 4. The number of carbonyl (C=O) groups is 1. The summed E-state index contributed by atoms with van der Waals surface area (Å²) in [6.07, 6.45) is 2.09. The van der Waals surface area contributed by atoms with Gasteiger partial charge in [0.1, 0.15) is 0 Å². The molecule has 0 spiro atoms. The van der Waals surface area contributed by atoms with Crippen LogP contribution in [0.4, 0.5) is 0 Å². The zero-order chi connectivity index (χ0) is 13.3. The summed E-state index contributed by atoms with van der Waals surface area (Å²) in [7, 11) is 0. The van der Waals surface area contributed by atoms with Gasteiger partial charge in [-0.2, -0.15) is 0 Å². The predicted octanol–water partition coefficient (Wildman–Crippen LogP) is 5.17. The first-order valence-corrected chi connectivity index (χ1v) is 6.29. The Labute approximate surface area is 123 Å². The van der Waals surface area contributed by atoms with Gasteiger partial charge in [-0.3, -0.25) is 9.78 Å². The highest BCUT2D eigenvalue weighted by Crippen LogP contribution is 2.36. The van der Waals surface area contributed by atoms with Crippen molar-refractivity contribution < 1.29 is 4.79 Å². The highest BCUT2D eigenvalue weighted by molar-refractivity contribution is 6.48. The molecule has 0 aliphatic carbocycles. The molecule has 0 N–H and O–H groups in total. The van der Waals surface area contributed by atoms with E-state index in [1.807, 2.05) is 0 Å². The SMILES string of the molecule is O=Cc1cnc(-c2cc(Cl)c(Cl)c(Cl)c2)c(Cl)c1. The summed E-state index contributed by atoms with van der Waals surface area (Å²) in [4.78, 5) is 14.7. The largest absolute Gasteiger partial charge is 0.298 e. The number of benzene rings is 1. The highest BCUT2D eigenvalue weighted by atomic mass is 35.5. The van der Waals surface area contributed by atoms with E-state index in [2.05, 4.69) is 4.98 Å². The van der Waals surface area contributed by atoms with E-state index in [9.17, 15) is 4.79 Å². The van der Waals surface area contributed by atoms with Crippen LogP contribution in [0.1, 0.15) is 10.4 Å². The van der Waals surface area contributed by atoms with Crippen molar-refractivity contribution in [1.29, 1.82) is 0 Å². The highest BCUT2D eigenvalue weighted by Gasteiger charge is 2.11. The van der Waals surface area contributed by atoms with Gasteiger partial charge in [-0.15, -0.1) is 0 Å². The number of nitrogens with zero attached hydrogens (tertiary/aromatic N) is 1. The van der Waals surface area contributed by atoms with Gasteiger partial charge in [0, 0.05) is 17.3 Å². The second-order valence-electron chi connectivity index (χ2n) is 3.47. The first-order chi connectivity index (χ1) is 8.52. The van der Waals surface area contributed by atoms with Crippen LogP contribution in [0.2, 0.25) is 20.1 Å². The van der Waals surface area contributed by atoms with Crippen molar-refractivity contribution in [2.75, 3.05) is 0 Å². The van der Waals surface area contributed by atoms with Crippen LogP contribution in [0.5, 0.6) is 0 Å². The van der Waals surface area contributed by atoms with Crippen LogP contribution in [-0.4, -0.2) is 11.3 Å². The Morgan fingerprint density at radius 2 is 1.56 bits per heavy atom. The molecule has 0 saturated carbocycles. The van der Waals surface area contributed by atoms with E-state index in [1.54, 1.807) is 12.1 Å². The summed E-state index contributed by atoms with van der Waals surface area (Å²) in [5.41, 5.74) is 1.52. The first kappa shape index (κ1) is 13.6. The van der Waals surface area contributed by atoms with E-state index < -0.39 is 0 Å². The minimum Gasteiger partial charge on any atom is -0.298 e. The third-order valence-electron chi connectivity index (χ3n) is 2.26. The summed E-state index contributed by atoms with van der Waals surface area (Å²) in [5.74, 6) is 0. The van der Waals surface area contributed by atoms with Gasteiger partial charge in [0.25, 0.3) is 0 Å². The maximum atomic E-state index is 10.6. The van der Waals surface area contributed by atoms with E-state index in [1.165, 1.54) is 12.3 Å². The molecule has 1 aromatic carbocycles. The van der Waals surface area contributed by atoms with E-state index in [-0.39, 0.29) is 5.02 Å². The van der Waals surface area contributed by atoms with Crippen LogP contribution in [0.15, 0.2) is 24.4 Å². The van der Waals surface area contributed by atoms with Gasteiger partial charge in [0.05, 0.1) is 25.8 Å². The molecule has 6 heteroatoms. The van der Waals surface area contributed by atoms with Crippen LogP contribution >= 0.6 is 46.4 Å². The third-order valence-corrected chi connectivity index (χ3v) is 3.74. The fraction of sp³-hybridized carbons (Fsp3) is 0. The molecule has 2 aromatic rings. The molecule has 1 heterocycles. The average Bonchev–Trinajstić information content (AvgIpc) is 2.35. The molecule has 0 amide bonds. The fourth-order valence-corrected chi connectivity index (χ4v) is 2.30. The molecule has 0 bridgehead atoms. The number of pyridine rings is 1. The van der Waals surface area contributed by atoms with E-state index >= 15 is 0 Å². The fourth-order valence-electron chi connectivity index (χ4n) is 1.42. The summed E-state index contributed by atoms with van der Waals surface area (Å²) < 4.78 is 0.